The van der Waals surface area contributed by atoms with E-state index in [1.807, 2.05) is 6.07 Å². The Balaban J connectivity index is 2.38. The van der Waals surface area contributed by atoms with Gasteiger partial charge in [-0.25, -0.2) is 4.98 Å². The van der Waals surface area contributed by atoms with Crippen LogP contribution in [0.15, 0.2) is 16.6 Å². The quantitative estimate of drug-likeness (QED) is 0.819. The second-order valence-electron chi connectivity index (χ2n) is 3.36. The van der Waals surface area contributed by atoms with Crippen molar-refractivity contribution in [2.75, 3.05) is 5.32 Å². The molecule has 1 heterocycles. The van der Waals surface area contributed by atoms with E-state index in [0.29, 0.717) is 15.7 Å². The SMILES string of the molecule is CC(Cl)C(=O)Nc1nc2c(Cl)cc(Br)cc2s1. The Morgan fingerprint density at radius 1 is 1.59 bits per heavy atom. The van der Waals surface area contributed by atoms with Crippen LogP contribution in [-0.4, -0.2) is 16.3 Å². The summed E-state index contributed by atoms with van der Waals surface area (Å²) < 4.78 is 1.78. The largest absolute Gasteiger partial charge is 0.301 e. The van der Waals surface area contributed by atoms with Crippen molar-refractivity contribution in [1.29, 1.82) is 0 Å². The van der Waals surface area contributed by atoms with Gasteiger partial charge in [0.05, 0.1) is 9.72 Å². The molecule has 1 aromatic carbocycles. The standard InChI is InChI=1S/C10H7BrCl2N2OS/c1-4(12)9(16)15-10-14-8-6(13)2-5(11)3-7(8)17-10/h2-4H,1H3,(H,14,15,16). The van der Waals surface area contributed by atoms with Crippen LogP contribution in [0.25, 0.3) is 10.2 Å². The summed E-state index contributed by atoms with van der Waals surface area (Å²) in [7, 11) is 0. The Bertz CT molecular complexity index is 585. The van der Waals surface area contributed by atoms with E-state index in [2.05, 4.69) is 26.2 Å². The number of nitrogens with zero attached hydrogens (tertiary/aromatic N) is 1. The summed E-state index contributed by atoms with van der Waals surface area (Å²) in [6.07, 6.45) is 0. The first kappa shape index (κ1) is 13.1. The number of hydrogen-bond acceptors (Lipinski definition) is 3. The number of aromatic nitrogens is 1. The second kappa shape index (κ2) is 5.10. The molecule has 1 unspecified atom stereocenters. The molecule has 90 valence electrons. The number of hydrogen-bond donors (Lipinski definition) is 1. The fraction of sp³-hybridized carbons (Fsp3) is 0.200. The maximum Gasteiger partial charge on any atom is 0.243 e. The third kappa shape index (κ3) is 2.91. The van der Waals surface area contributed by atoms with Crippen LogP contribution < -0.4 is 5.32 Å². The molecule has 3 nitrogen and oxygen atoms in total. The summed E-state index contributed by atoms with van der Waals surface area (Å²) in [6, 6.07) is 3.66. The highest BCUT2D eigenvalue weighted by Crippen LogP contribution is 2.33. The Morgan fingerprint density at radius 2 is 2.29 bits per heavy atom. The van der Waals surface area contributed by atoms with Crippen LogP contribution in [0.5, 0.6) is 0 Å². The Hall–Kier alpha value is -0.360. The first-order chi connectivity index (χ1) is 7.97. The maximum atomic E-state index is 11.4. The third-order valence-electron chi connectivity index (χ3n) is 2.00. The molecule has 2 rings (SSSR count). The van der Waals surface area contributed by atoms with Crippen molar-refractivity contribution in [3.8, 4) is 0 Å². The highest BCUT2D eigenvalue weighted by atomic mass is 79.9. The van der Waals surface area contributed by atoms with Crippen molar-refractivity contribution in [1.82, 2.24) is 4.98 Å². The molecule has 1 aromatic heterocycles. The molecule has 0 radical (unpaired) electrons. The average Bonchev–Trinajstić information content (AvgIpc) is 2.60. The van der Waals surface area contributed by atoms with Crippen LogP contribution >= 0.6 is 50.5 Å². The topological polar surface area (TPSA) is 42.0 Å². The monoisotopic (exact) mass is 352 g/mol. The number of rotatable bonds is 2. The van der Waals surface area contributed by atoms with Crippen molar-refractivity contribution in [3.63, 3.8) is 0 Å². The third-order valence-corrected chi connectivity index (χ3v) is 3.87. The molecule has 0 bridgehead atoms. The number of carbonyl (C=O) groups is 1. The van der Waals surface area contributed by atoms with E-state index in [9.17, 15) is 4.79 Å². The van der Waals surface area contributed by atoms with Crippen LogP contribution in [0.1, 0.15) is 6.92 Å². The molecule has 1 atom stereocenters. The van der Waals surface area contributed by atoms with Crippen LogP contribution in [-0.2, 0) is 4.79 Å². The van der Waals surface area contributed by atoms with E-state index in [4.69, 9.17) is 23.2 Å². The fourth-order valence-electron chi connectivity index (χ4n) is 1.22. The van der Waals surface area contributed by atoms with Gasteiger partial charge in [0.15, 0.2) is 5.13 Å². The van der Waals surface area contributed by atoms with E-state index in [1.54, 1.807) is 13.0 Å². The molecule has 0 aliphatic heterocycles. The highest BCUT2D eigenvalue weighted by molar-refractivity contribution is 9.10. The first-order valence-electron chi connectivity index (χ1n) is 4.68. The Morgan fingerprint density at radius 3 is 2.94 bits per heavy atom. The van der Waals surface area contributed by atoms with Gasteiger partial charge in [0.25, 0.3) is 0 Å². The molecule has 0 saturated heterocycles. The van der Waals surface area contributed by atoms with Crippen LogP contribution in [0, 0.1) is 0 Å². The van der Waals surface area contributed by atoms with Gasteiger partial charge in [-0.1, -0.05) is 38.9 Å². The van der Waals surface area contributed by atoms with Crippen LogP contribution in [0.4, 0.5) is 5.13 Å². The second-order valence-corrected chi connectivity index (χ2v) is 6.37. The van der Waals surface area contributed by atoms with Crippen molar-refractivity contribution >= 4 is 71.7 Å². The summed E-state index contributed by atoms with van der Waals surface area (Å²) in [5, 5.41) is 3.09. The molecule has 1 N–H and O–H groups in total. The van der Waals surface area contributed by atoms with Gasteiger partial charge in [0, 0.05) is 4.47 Å². The summed E-state index contributed by atoms with van der Waals surface area (Å²) in [6.45, 7) is 1.60. The molecule has 17 heavy (non-hydrogen) atoms. The molecule has 2 aromatic rings. The lowest BCUT2D eigenvalue weighted by atomic mass is 10.3. The van der Waals surface area contributed by atoms with Gasteiger partial charge >= 0.3 is 0 Å². The zero-order valence-corrected chi connectivity index (χ0v) is 12.5. The van der Waals surface area contributed by atoms with E-state index in [0.717, 1.165) is 9.17 Å². The highest BCUT2D eigenvalue weighted by Gasteiger charge is 2.13. The van der Waals surface area contributed by atoms with Gasteiger partial charge in [-0.3, -0.25) is 4.79 Å². The number of nitrogens with one attached hydrogen (secondary N) is 1. The van der Waals surface area contributed by atoms with Gasteiger partial charge in [0.2, 0.25) is 5.91 Å². The van der Waals surface area contributed by atoms with E-state index in [-0.39, 0.29) is 5.91 Å². The van der Waals surface area contributed by atoms with Gasteiger partial charge in [-0.05, 0) is 19.1 Å². The molecule has 0 spiro atoms. The lowest BCUT2D eigenvalue weighted by molar-refractivity contribution is -0.115. The predicted octanol–water partition coefficient (Wildman–Crippen LogP) is 4.28. The number of carbonyl (C=O) groups excluding carboxylic acids is 1. The molecule has 7 heteroatoms. The molecule has 0 fully saturated rings. The fourth-order valence-corrected chi connectivity index (χ4v) is 3.26. The number of fused-ring (bicyclic) bond motifs is 1. The molecular formula is C10H7BrCl2N2OS. The number of benzene rings is 1. The minimum Gasteiger partial charge on any atom is -0.301 e. The summed E-state index contributed by atoms with van der Waals surface area (Å²) in [4.78, 5) is 15.7. The van der Waals surface area contributed by atoms with Crippen LogP contribution in [0.3, 0.4) is 0 Å². The van der Waals surface area contributed by atoms with Gasteiger partial charge in [-0.15, -0.1) is 11.6 Å². The number of thiazole rings is 1. The number of anilines is 1. The number of amides is 1. The van der Waals surface area contributed by atoms with Gasteiger partial charge in [0.1, 0.15) is 10.9 Å². The number of halogens is 3. The molecule has 0 saturated carbocycles. The normalized spacial score (nSPS) is 12.7. The summed E-state index contributed by atoms with van der Waals surface area (Å²) in [5.74, 6) is -0.277. The molecule has 0 aliphatic rings. The minimum atomic E-state index is -0.593. The first-order valence-corrected chi connectivity index (χ1v) is 7.10. The lowest BCUT2D eigenvalue weighted by Crippen LogP contribution is -2.19. The minimum absolute atomic E-state index is 0.277. The van der Waals surface area contributed by atoms with E-state index >= 15 is 0 Å². The van der Waals surface area contributed by atoms with Crippen molar-refractivity contribution < 1.29 is 4.79 Å². The van der Waals surface area contributed by atoms with Gasteiger partial charge in [-0.2, -0.15) is 0 Å². The Kier molecular flexibility index (Phi) is 3.92. The van der Waals surface area contributed by atoms with Crippen molar-refractivity contribution in [2.45, 2.75) is 12.3 Å². The zero-order chi connectivity index (χ0) is 12.6. The summed E-state index contributed by atoms with van der Waals surface area (Å²) in [5.41, 5.74) is 0.678. The zero-order valence-electron chi connectivity index (χ0n) is 8.63. The van der Waals surface area contributed by atoms with Crippen molar-refractivity contribution in [3.05, 3.63) is 21.6 Å². The maximum absolute atomic E-state index is 11.4. The molecular weight excluding hydrogens is 347 g/mol. The summed E-state index contributed by atoms with van der Waals surface area (Å²) >= 11 is 16.4. The van der Waals surface area contributed by atoms with Gasteiger partial charge < -0.3 is 5.32 Å². The van der Waals surface area contributed by atoms with Crippen LogP contribution in [0.2, 0.25) is 5.02 Å². The van der Waals surface area contributed by atoms with E-state index in [1.165, 1.54) is 11.3 Å². The Labute approximate surface area is 120 Å². The number of alkyl halides is 1. The predicted molar refractivity (Wildman–Crippen MR) is 76.3 cm³/mol. The smallest absolute Gasteiger partial charge is 0.243 e. The lowest BCUT2D eigenvalue weighted by Gasteiger charge is -2.01. The van der Waals surface area contributed by atoms with E-state index < -0.39 is 5.38 Å². The molecule has 0 aliphatic carbocycles. The van der Waals surface area contributed by atoms with Crippen molar-refractivity contribution in [2.24, 2.45) is 0 Å². The average molecular weight is 354 g/mol. The molecule has 1 amide bonds.